The Morgan fingerprint density at radius 1 is 1.38 bits per heavy atom. The number of benzene rings is 1. The van der Waals surface area contributed by atoms with Gasteiger partial charge in [0.2, 0.25) is 0 Å². The molecule has 0 aliphatic carbocycles. The number of carboxylic acid groups (broad SMARTS) is 1. The third-order valence-electron chi connectivity index (χ3n) is 3.64. The Morgan fingerprint density at radius 2 is 2.04 bits per heavy atom. The predicted octanol–water partition coefficient (Wildman–Crippen LogP) is 3.24. The van der Waals surface area contributed by atoms with E-state index in [0.29, 0.717) is 17.1 Å². The Bertz CT molecular complexity index is 732. The summed E-state index contributed by atoms with van der Waals surface area (Å²) >= 11 is 7.92. The molecule has 0 bridgehead atoms. The number of rotatable bonds is 3. The molecule has 0 radical (unpaired) electrons. The molecule has 0 amide bonds. The fraction of sp³-hybridized carbons (Fsp3) is 0.267. The van der Waals surface area contributed by atoms with Gasteiger partial charge in [-0.15, -0.1) is 21.5 Å². The van der Waals surface area contributed by atoms with Crippen LogP contribution < -0.4 is 0 Å². The first-order valence-electron chi connectivity index (χ1n) is 7.00. The van der Waals surface area contributed by atoms with E-state index in [0.717, 1.165) is 13.0 Å². The van der Waals surface area contributed by atoms with Crippen molar-refractivity contribution in [2.45, 2.75) is 19.0 Å². The maximum atomic E-state index is 11.7. The van der Waals surface area contributed by atoms with Gasteiger partial charge in [0, 0.05) is 23.0 Å². The summed E-state index contributed by atoms with van der Waals surface area (Å²) in [5.74, 6) is -0.850. The fourth-order valence-corrected chi connectivity index (χ4v) is 3.80. The zero-order valence-electron chi connectivity index (χ0n) is 12.5. The van der Waals surface area contributed by atoms with Crippen LogP contribution in [0, 0.1) is 10.1 Å². The zero-order chi connectivity index (χ0) is 17.7. The maximum absolute atomic E-state index is 11.7. The molecule has 24 heavy (non-hydrogen) atoms. The van der Waals surface area contributed by atoms with E-state index >= 15 is 0 Å². The second-order valence-electron chi connectivity index (χ2n) is 5.09. The van der Waals surface area contributed by atoms with E-state index in [-0.39, 0.29) is 0 Å². The van der Waals surface area contributed by atoms with Gasteiger partial charge in [-0.25, -0.2) is 0 Å². The minimum Gasteiger partial charge on any atom is -0.480 e. The van der Waals surface area contributed by atoms with Gasteiger partial charge < -0.3 is 10.3 Å². The van der Waals surface area contributed by atoms with Crippen molar-refractivity contribution in [3.05, 3.63) is 66.9 Å². The lowest BCUT2D eigenvalue weighted by molar-refractivity contribution is -0.742. The molecule has 2 heterocycles. The quantitative estimate of drug-likeness (QED) is 0.635. The number of carbonyl (C=O) groups is 1. The average Bonchev–Trinajstić information content (AvgIpc) is 2.96. The van der Waals surface area contributed by atoms with Crippen LogP contribution in [0.25, 0.3) is 0 Å². The molecule has 1 atom stereocenters. The van der Waals surface area contributed by atoms with Crippen LogP contribution in [0.3, 0.4) is 0 Å². The molecule has 0 unspecified atom stereocenters. The summed E-state index contributed by atoms with van der Waals surface area (Å²) in [7, 11) is 0. The normalized spacial score (nSPS) is 14.9. The minimum atomic E-state index is -1.50. The Balaban J connectivity index is 0.000000471. The number of hydrogen-bond donors (Lipinski definition) is 2. The molecular formula is C15H15ClN2O5S. The summed E-state index contributed by atoms with van der Waals surface area (Å²) in [4.78, 5) is 23.4. The van der Waals surface area contributed by atoms with Gasteiger partial charge >= 0.3 is 5.97 Å². The highest BCUT2D eigenvalue weighted by molar-refractivity contribution is 7.10. The lowest BCUT2D eigenvalue weighted by Crippen LogP contribution is -2.37. The molecule has 0 saturated carbocycles. The topological polar surface area (TPSA) is 104 Å². The Kier molecular flexibility index (Phi) is 6.13. The predicted molar refractivity (Wildman–Crippen MR) is 89.0 cm³/mol. The van der Waals surface area contributed by atoms with Crippen LogP contribution in [-0.2, 0) is 17.8 Å². The van der Waals surface area contributed by atoms with Crippen LogP contribution >= 0.6 is 22.9 Å². The third-order valence-corrected chi connectivity index (χ3v) is 5.00. The monoisotopic (exact) mass is 370 g/mol. The first kappa shape index (κ1) is 18.2. The van der Waals surface area contributed by atoms with Crippen LogP contribution in [-0.4, -0.2) is 32.8 Å². The van der Waals surface area contributed by atoms with Crippen LogP contribution in [0.15, 0.2) is 35.7 Å². The smallest absolute Gasteiger partial charge is 0.325 e. The molecule has 0 fully saturated rings. The molecule has 1 aliphatic rings. The second-order valence-corrected chi connectivity index (χ2v) is 6.50. The largest absolute Gasteiger partial charge is 0.480 e. The van der Waals surface area contributed by atoms with Crippen molar-refractivity contribution in [3.63, 3.8) is 0 Å². The summed E-state index contributed by atoms with van der Waals surface area (Å²) in [6.07, 6.45) is 0.904. The summed E-state index contributed by atoms with van der Waals surface area (Å²) in [6.45, 7) is 1.41. The highest BCUT2D eigenvalue weighted by atomic mass is 35.5. The van der Waals surface area contributed by atoms with Crippen LogP contribution in [0.1, 0.15) is 22.0 Å². The number of carboxylic acids is 1. The number of halogens is 1. The van der Waals surface area contributed by atoms with Crippen molar-refractivity contribution in [3.8, 4) is 0 Å². The van der Waals surface area contributed by atoms with E-state index in [4.69, 9.17) is 26.9 Å². The molecule has 1 aromatic carbocycles. The van der Waals surface area contributed by atoms with E-state index in [1.165, 1.54) is 10.4 Å². The van der Waals surface area contributed by atoms with Gasteiger partial charge in [-0.3, -0.25) is 9.69 Å². The van der Waals surface area contributed by atoms with E-state index in [1.807, 2.05) is 17.0 Å². The van der Waals surface area contributed by atoms with Crippen molar-refractivity contribution < 1.29 is 20.2 Å². The molecule has 3 rings (SSSR count). The van der Waals surface area contributed by atoms with Gasteiger partial charge in [-0.2, -0.15) is 0 Å². The van der Waals surface area contributed by atoms with E-state index in [9.17, 15) is 9.90 Å². The lowest BCUT2D eigenvalue weighted by atomic mass is 10.0. The van der Waals surface area contributed by atoms with Gasteiger partial charge in [-0.1, -0.05) is 29.8 Å². The second kappa shape index (κ2) is 8.09. The molecule has 0 saturated heterocycles. The summed E-state index contributed by atoms with van der Waals surface area (Å²) in [5.41, 5.74) is 1.90. The van der Waals surface area contributed by atoms with Gasteiger partial charge in [0.1, 0.15) is 6.04 Å². The van der Waals surface area contributed by atoms with Crippen molar-refractivity contribution in [2.75, 3.05) is 6.54 Å². The average molecular weight is 371 g/mol. The molecule has 1 aromatic heterocycles. The van der Waals surface area contributed by atoms with Crippen molar-refractivity contribution in [1.82, 2.24) is 4.90 Å². The first-order valence-corrected chi connectivity index (χ1v) is 8.25. The van der Waals surface area contributed by atoms with Gasteiger partial charge in [-0.05, 0) is 35.1 Å². The van der Waals surface area contributed by atoms with E-state index in [1.54, 1.807) is 23.5 Å². The fourth-order valence-electron chi connectivity index (χ4n) is 2.67. The molecule has 9 heteroatoms. The Hall–Kier alpha value is -2.16. The molecule has 2 aromatic rings. The van der Waals surface area contributed by atoms with Crippen molar-refractivity contribution in [1.29, 1.82) is 0 Å². The minimum absolute atomic E-state index is 0.510. The van der Waals surface area contributed by atoms with Gasteiger partial charge in [0.15, 0.2) is 0 Å². The molecule has 0 spiro atoms. The Labute approximate surface area is 146 Å². The summed E-state index contributed by atoms with van der Waals surface area (Å²) < 4.78 is 0. The third kappa shape index (κ3) is 4.44. The Morgan fingerprint density at radius 3 is 2.67 bits per heavy atom. The molecule has 2 N–H and O–H groups in total. The summed E-state index contributed by atoms with van der Waals surface area (Å²) in [5, 5.41) is 25.8. The first-order chi connectivity index (χ1) is 11.4. The standard InChI is InChI=1S/C15H14ClNO2S.HNO3/c16-12-4-2-1-3-11(12)14(15(18)19)17-7-5-13-10(9-17)6-8-20-13;2-1(3)4/h1-4,6,8,14H,5,7,9H2,(H,18,19);(H,2,3,4)/t14-;/m0./s1. The molecule has 1 aliphatic heterocycles. The van der Waals surface area contributed by atoms with E-state index in [2.05, 4.69) is 11.4 Å². The number of hydrogen-bond acceptors (Lipinski definition) is 5. The number of fused-ring (bicyclic) bond motifs is 1. The maximum Gasteiger partial charge on any atom is 0.325 e. The van der Waals surface area contributed by atoms with Crippen molar-refractivity contribution >= 4 is 28.9 Å². The molecular weight excluding hydrogens is 356 g/mol. The number of thiophene rings is 1. The SMILES string of the molecule is O=C(O)[C@H](c1ccccc1Cl)N1CCc2sccc2C1.O=[N+]([O-])O. The molecule has 128 valence electrons. The number of aliphatic carboxylic acids is 1. The summed E-state index contributed by atoms with van der Waals surface area (Å²) in [6, 6.07) is 8.58. The highest BCUT2D eigenvalue weighted by Crippen LogP contribution is 2.33. The molecule has 7 nitrogen and oxygen atoms in total. The van der Waals surface area contributed by atoms with Gasteiger partial charge in [0.25, 0.3) is 5.09 Å². The van der Waals surface area contributed by atoms with Crippen LogP contribution in [0.4, 0.5) is 0 Å². The number of nitrogens with zero attached hydrogens (tertiary/aromatic N) is 2. The van der Waals surface area contributed by atoms with E-state index < -0.39 is 17.1 Å². The van der Waals surface area contributed by atoms with Crippen LogP contribution in [0.5, 0.6) is 0 Å². The highest BCUT2D eigenvalue weighted by Gasteiger charge is 2.31. The zero-order valence-corrected chi connectivity index (χ0v) is 14.0. The van der Waals surface area contributed by atoms with Gasteiger partial charge in [0.05, 0.1) is 0 Å². The van der Waals surface area contributed by atoms with Crippen molar-refractivity contribution in [2.24, 2.45) is 0 Å². The lowest BCUT2D eigenvalue weighted by Gasteiger charge is -2.32. The van der Waals surface area contributed by atoms with Crippen LogP contribution in [0.2, 0.25) is 5.02 Å².